The molecule has 0 spiro atoms. The lowest BCUT2D eigenvalue weighted by molar-refractivity contribution is 0.0972. The molecule has 8 nitrogen and oxygen atoms in total. The molecule has 0 bridgehead atoms. The van der Waals surface area contributed by atoms with Gasteiger partial charge in [-0.3, -0.25) is 15.1 Å². The molecule has 0 aromatic carbocycles. The molecule has 0 atom stereocenters. The molecule has 136 valence electrons. The van der Waals surface area contributed by atoms with Gasteiger partial charge in [0.2, 0.25) is 0 Å². The zero-order chi connectivity index (χ0) is 17.2. The van der Waals surface area contributed by atoms with Crippen LogP contribution in [0.1, 0.15) is 55.9 Å². The first-order valence-corrected chi connectivity index (χ1v) is 8.03. The van der Waals surface area contributed by atoms with Crippen molar-refractivity contribution in [1.82, 2.24) is 15.3 Å². The van der Waals surface area contributed by atoms with Crippen molar-refractivity contribution in [3.63, 3.8) is 0 Å². The van der Waals surface area contributed by atoms with E-state index in [1.54, 1.807) is 0 Å². The van der Waals surface area contributed by atoms with E-state index in [2.05, 4.69) is 27.2 Å². The predicted octanol–water partition coefficient (Wildman–Crippen LogP) is 2.12. The molecule has 0 aliphatic carbocycles. The number of nitrogen functional groups attached to an aromatic ring is 2. The summed E-state index contributed by atoms with van der Waals surface area (Å²) < 4.78 is 0. The Bertz CT molecular complexity index is 566. The molecular weight excluding hydrogens is 353 g/mol. The quantitative estimate of drug-likeness (QED) is 0.310. The molecular formula is C14H25Cl2N7O. The van der Waals surface area contributed by atoms with E-state index < -0.39 is 5.91 Å². The highest BCUT2D eigenvalue weighted by Crippen LogP contribution is 2.17. The maximum absolute atomic E-state index is 12.0. The maximum atomic E-state index is 12.0. The third-order valence-electron chi connectivity index (χ3n) is 3.16. The fraction of sp³-hybridized carbons (Fsp3) is 0.571. The van der Waals surface area contributed by atoms with Crippen LogP contribution in [0.3, 0.4) is 0 Å². The second-order valence-corrected chi connectivity index (χ2v) is 5.48. The van der Waals surface area contributed by atoms with Crippen LogP contribution in [0, 0.1) is 0 Å². The third-order valence-corrected chi connectivity index (χ3v) is 3.43. The van der Waals surface area contributed by atoms with Crippen molar-refractivity contribution in [2.24, 2.45) is 10.7 Å². The first-order valence-electron chi connectivity index (χ1n) is 7.65. The lowest BCUT2D eigenvalue weighted by atomic mass is 10.1. The number of hydrogen-bond acceptors (Lipinski definition) is 6. The largest absolute Gasteiger partial charge is 0.382 e. The number of hydrogen-bond donors (Lipinski definition) is 4. The number of nitrogens with two attached hydrogens (primary N) is 3. The number of nitrogens with zero attached hydrogens (tertiary/aromatic N) is 3. The molecule has 10 heteroatoms. The summed E-state index contributed by atoms with van der Waals surface area (Å²) >= 11 is 5.73. The van der Waals surface area contributed by atoms with E-state index in [-0.39, 0.29) is 40.8 Å². The summed E-state index contributed by atoms with van der Waals surface area (Å²) in [5.41, 5.74) is 16.6. The Morgan fingerprint density at radius 3 is 2.42 bits per heavy atom. The van der Waals surface area contributed by atoms with Crippen LogP contribution >= 0.6 is 24.0 Å². The zero-order valence-electron chi connectivity index (χ0n) is 13.7. The summed E-state index contributed by atoms with van der Waals surface area (Å²) in [7, 11) is 0. The van der Waals surface area contributed by atoms with Crippen LogP contribution in [0.4, 0.5) is 11.6 Å². The molecule has 0 fully saturated rings. The molecule has 1 heterocycles. The summed E-state index contributed by atoms with van der Waals surface area (Å²) in [6, 6.07) is 0. The number of rotatable bonds is 8. The Morgan fingerprint density at radius 1 is 1.12 bits per heavy atom. The summed E-state index contributed by atoms with van der Waals surface area (Å²) in [6.45, 7) is 2.74. The molecule has 0 saturated carbocycles. The molecule has 0 saturated heterocycles. The number of carbonyl (C=O) groups is 1. The minimum Gasteiger partial charge on any atom is -0.382 e. The van der Waals surface area contributed by atoms with Crippen LogP contribution < -0.4 is 22.5 Å². The molecule has 1 amide bonds. The van der Waals surface area contributed by atoms with Crippen LogP contribution in [0.2, 0.25) is 5.15 Å². The van der Waals surface area contributed by atoms with Crippen molar-refractivity contribution in [3.8, 4) is 0 Å². The van der Waals surface area contributed by atoms with Crippen molar-refractivity contribution < 1.29 is 4.79 Å². The second kappa shape index (κ2) is 11.7. The Kier molecular flexibility index (Phi) is 10.8. The van der Waals surface area contributed by atoms with Gasteiger partial charge in [-0.05, 0) is 6.42 Å². The summed E-state index contributed by atoms with van der Waals surface area (Å²) in [4.78, 5) is 23.6. The average molecular weight is 378 g/mol. The number of halogens is 2. The van der Waals surface area contributed by atoms with Crippen LogP contribution in [-0.2, 0) is 0 Å². The van der Waals surface area contributed by atoms with E-state index >= 15 is 0 Å². The summed E-state index contributed by atoms with van der Waals surface area (Å²) in [6.07, 6.45) is 6.92. The number of nitrogens with one attached hydrogen (secondary N) is 1. The molecule has 7 N–H and O–H groups in total. The number of aliphatic imine (C=N–C) groups is 1. The Hall–Kier alpha value is -1.80. The first kappa shape index (κ1) is 22.2. The highest BCUT2D eigenvalue weighted by atomic mass is 35.5. The Balaban J connectivity index is 0.00000529. The Morgan fingerprint density at radius 2 is 1.75 bits per heavy atom. The van der Waals surface area contributed by atoms with Gasteiger partial charge < -0.3 is 17.2 Å². The molecule has 0 aliphatic heterocycles. The van der Waals surface area contributed by atoms with E-state index in [4.69, 9.17) is 28.8 Å². The van der Waals surface area contributed by atoms with E-state index in [1.165, 1.54) is 25.7 Å². The average Bonchev–Trinajstić information content (AvgIpc) is 2.49. The van der Waals surface area contributed by atoms with Crippen molar-refractivity contribution in [2.45, 2.75) is 45.4 Å². The van der Waals surface area contributed by atoms with E-state index in [1.807, 2.05) is 0 Å². The molecule has 0 unspecified atom stereocenters. The number of aromatic nitrogens is 2. The van der Waals surface area contributed by atoms with E-state index in [0.717, 1.165) is 12.8 Å². The van der Waals surface area contributed by atoms with Gasteiger partial charge in [-0.2, -0.15) is 0 Å². The minimum absolute atomic E-state index is 0. The number of unbranched alkanes of at least 4 members (excludes halogenated alkanes) is 5. The minimum atomic E-state index is -0.624. The fourth-order valence-electron chi connectivity index (χ4n) is 1.92. The summed E-state index contributed by atoms with van der Waals surface area (Å²) in [5.74, 6) is -0.766. The summed E-state index contributed by atoms with van der Waals surface area (Å²) in [5, 5.41) is 2.31. The number of guanidine groups is 1. The van der Waals surface area contributed by atoms with Crippen LogP contribution in [0.15, 0.2) is 4.99 Å². The topological polar surface area (TPSA) is 145 Å². The number of amides is 1. The van der Waals surface area contributed by atoms with Gasteiger partial charge in [-0.25, -0.2) is 9.97 Å². The normalized spacial score (nSPS) is 11.0. The van der Waals surface area contributed by atoms with Crippen molar-refractivity contribution >= 4 is 47.5 Å². The first-order chi connectivity index (χ1) is 11.0. The third kappa shape index (κ3) is 7.65. The van der Waals surface area contributed by atoms with Crippen LogP contribution in [0.5, 0.6) is 0 Å². The maximum Gasteiger partial charge on any atom is 0.280 e. The lowest BCUT2D eigenvalue weighted by Crippen LogP contribution is -2.38. The SMILES string of the molecule is CCCCCCCCN=C(N)NC(=O)c1nc(Cl)c(N)nc1N.Cl. The predicted molar refractivity (Wildman–Crippen MR) is 100 cm³/mol. The van der Waals surface area contributed by atoms with E-state index in [0.29, 0.717) is 6.54 Å². The number of carbonyl (C=O) groups excluding carboxylic acids is 1. The molecule has 1 aromatic rings. The van der Waals surface area contributed by atoms with E-state index in [9.17, 15) is 4.79 Å². The lowest BCUT2D eigenvalue weighted by Gasteiger charge is -2.07. The molecule has 1 rings (SSSR count). The van der Waals surface area contributed by atoms with Gasteiger partial charge in [-0.15, -0.1) is 12.4 Å². The molecule has 0 radical (unpaired) electrons. The van der Waals surface area contributed by atoms with Gasteiger partial charge >= 0.3 is 0 Å². The Labute approximate surface area is 153 Å². The van der Waals surface area contributed by atoms with Crippen LogP contribution in [0.25, 0.3) is 0 Å². The number of anilines is 2. The zero-order valence-corrected chi connectivity index (χ0v) is 15.3. The van der Waals surface area contributed by atoms with Gasteiger partial charge in [-0.1, -0.05) is 50.6 Å². The molecule has 1 aromatic heterocycles. The van der Waals surface area contributed by atoms with Gasteiger partial charge in [0.15, 0.2) is 28.4 Å². The fourth-order valence-corrected chi connectivity index (χ4v) is 2.04. The van der Waals surface area contributed by atoms with Gasteiger partial charge in [0.05, 0.1) is 0 Å². The molecule has 24 heavy (non-hydrogen) atoms. The van der Waals surface area contributed by atoms with Crippen molar-refractivity contribution in [2.75, 3.05) is 18.0 Å². The standard InChI is InChI=1S/C14H24ClN7O.ClH/c1-2-3-4-5-6-7-8-19-14(18)22-13(23)9-11(16)21-12(17)10(15)20-9;/h2-8H2,1H3,(H4,16,17,21)(H3,18,19,22,23);1H. The smallest absolute Gasteiger partial charge is 0.280 e. The highest BCUT2D eigenvalue weighted by molar-refractivity contribution is 6.31. The van der Waals surface area contributed by atoms with Crippen molar-refractivity contribution in [1.29, 1.82) is 0 Å². The monoisotopic (exact) mass is 377 g/mol. The van der Waals surface area contributed by atoms with Crippen LogP contribution in [-0.4, -0.2) is 28.4 Å². The second-order valence-electron chi connectivity index (χ2n) is 5.12. The van der Waals surface area contributed by atoms with Gasteiger partial charge in [0.25, 0.3) is 5.91 Å². The molecule has 0 aliphatic rings. The van der Waals surface area contributed by atoms with Gasteiger partial charge in [0.1, 0.15) is 0 Å². The van der Waals surface area contributed by atoms with Gasteiger partial charge in [0, 0.05) is 6.54 Å². The van der Waals surface area contributed by atoms with Crippen molar-refractivity contribution in [3.05, 3.63) is 10.8 Å². The highest BCUT2D eigenvalue weighted by Gasteiger charge is 2.16.